The van der Waals surface area contributed by atoms with Gasteiger partial charge in [0, 0.05) is 11.3 Å². The molecule has 1 atom stereocenters. The quantitative estimate of drug-likeness (QED) is 0.291. The van der Waals surface area contributed by atoms with E-state index in [2.05, 4.69) is 15.9 Å². The number of amides is 1. The number of hydrogen-bond acceptors (Lipinski definition) is 6. The van der Waals surface area contributed by atoms with E-state index in [-0.39, 0.29) is 17.1 Å². The van der Waals surface area contributed by atoms with E-state index in [9.17, 15) is 19.8 Å². The van der Waals surface area contributed by atoms with Crippen LogP contribution in [0.5, 0.6) is 17.2 Å². The lowest BCUT2D eigenvalue weighted by Crippen LogP contribution is -2.29. The first-order valence-corrected chi connectivity index (χ1v) is 10.7. The molecule has 3 aromatic rings. The highest BCUT2D eigenvalue weighted by Gasteiger charge is 2.47. The van der Waals surface area contributed by atoms with Crippen molar-refractivity contribution in [3.63, 3.8) is 0 Å². The van der Waals surface area contributed by atoms with Gasteiger partial charge in [0.25, 0.3) is 11.7 Å². The topological polar surface area (TPSA) is 96.3 Å². The average Bonchev–Trinajstić information content (AvgIpc) is 3.09. The zero-order chi connectivity index (χ0) is 23.7. The van der Waals surface area contributed by atoms with Crippen molar-refractivity contribution >= 4 is 39.1 Å². The van der Waals surface area contributed by atoms with Crippen LogP contribution in [0, 0.1) is 0 Å². The lowest BCUT2D eigenvalue weighted by Gasteiger charge is -2.25. The zero-order valence-electron chi connectivity index (χ0n) is 17.8. The summed E-state index contributed by atoms with van der Waals surface area (Å²) >= 11 is 3.38. The van der Waals surface area contributed by atoms with E-state index in [1.54, 1.807) is 54.6 Å². The van der Waals surface area contributed by atoms with Crippen molar-refractivity contribution in [2.45, 2.75) is 6.04 Å². The molecule has 1 saturated heterocycles. The van der Waals surface area contributed by atoms with Crippen LogP contribution in [0.15, 0.2) is 76.8 Å². The Bertz CT molecular complexity index is 1270. The number of aromatic hydroxyl groups is 1. The van der Waals surface area contributed by atoms with Crippen LogP contribution in [-0.4, -0.2) is 36.1 Å². The molecule has 0 spiro atoms. The Balaban J connectivity index is 1.92. The van der Waals surface area contributed by atoms with Gasteiger partial charge < -0.3 is 19.7 Å². The van der Waals surface area contributed by atoms with Crippen molar-refractivity contribution in [2.24, 2.45) is 0 Å². The van der Waals surface area contributed by atoms with Gasteiger partial charge in [0.15, 0.2) is 0 Å². The van der Waals surface area contributed by atoms with Gasteiger partial charge in [-0.15, -0.1) is 0 Å². The van der Waals surface area contributed by atoms with Gasteiger partial charge in [-0.2, -0.15) is 0 Å². The summed E-state index contributed by atoms with van der Waals surface area (Å²) in [7, 11) is 3.04. The second kappa shape index (κ2) is 8.99. The van der Waals surface area contributed by atoms with Gasteiger partial charge in [-0.1, -0.05) is 12.1 Å². The molecular weight excluding hydrogens is 490 g/mol. The van der Waals surface area contributed by atoms with Crippen molar-refractivity contribution in [3.05, 3.63) is 87.9 Å². The number of carbonyl (C=O) groups is 2. The van der Waals surface area contributed by atoms with E-state index >= 15 is 0 Å². The lowest BCUT2D eigenvalue weighted by atomic mass is 9.95. The van der Waals surface area contributed by atoms with Crippen LogP contribution in [0.4, 0.5) is 5.69 Å². The van der Waals surface area contributed by atoms with Crippen LogP contribution in [0.25, 0.3) is 5.76 Å². The van der Waals surface area contributed by atoms with Crippen LogP contribution in [0.2, 0.25) is 0 Å². The fourth-order valence-electron chi connectivity index (χ4n) is 3.82. The maximum Gasteiger partial charge on any atom is 0.300 e. The Morgan fingerprint density at radius 1 is 0.970 bits per heavy atom. The number of ketones is 1. The number of rotatable bonds is 5. The zero-order valence-corrected chi connectivity index (χ0v) is 19.4. The normalized spacial score (nSPS) is 17.3. The standard InChI is InChI=1S/C25H20BrNO6/c1-32-18-9-7-16(8-10-18)27-22(14-4-3-5-17(28)12-14)21(24(30)25(27)31)23(29)15-6-11-20(33-2)19(26)13-15/h3-13,22,28-29H,1-2H3/b23-21-. The van der Waals surface area contributed by atoms with Crippen molar-refractivity contribution in [2.75, 3.05) is 19.1 Å². The second-order valence-electron chi connectivity index (χ2n) is 7.31. The third kappa shape index (κ3) is 4.05. The summed E-state index contributed by atoms with van der Waals surface area (Å²) in [5, 5.41) is 21.2. The number of methoxy groups -OCH3 is 2. The van der Waals surface area contributed by atoms with Crippen molar-refractivity contribution in [1.29, 1.82) is 0 Å². The molecule has 1 heterocycles. The largest absolute Gasteiger partial charge is 0.508 e. The Kier molecular flexibility index (Phi) is 6.11. The highest BCUT2D eigenvalue weighted by atomic mass is 79.9. The summed E-state index contributed by atoms with van der Waals surface area (Å²) in [5.41, 5.74) is 1.17. The SMILES string of the molecule is COc1ccc(N2C(=O)C(=O)/C(=C(\O)c3ccc(OC)c(Br)c3)C2c2cccc(O)c2)cc1. The number of hydrogen-bond donors (Lipinski definition) is 2. The van der Waals surface area contributed by atoms with Gasteiger partial charge in [-0.3, -0.25) is 14.5 Å². The Labute approximate surface area is 198 Å². The summed E-state index contributed by atoms with van der Waals surface area (Å²) in [4.78, 5) is 27.6. The number of nitrogens with zero attached hydrogens (tertiary/aromatic N) is 1. The van der Waals surface area contributed by atoms with Crippen LogP contribution < -0.4 is 14.4 Å². The van der Waals surface area contributed by atoms with Crippen LogP contribution in [0.1, 0.15) is 17.2 Å². The van der Waals surface area contributed by atoms with E-state index in [0.717, 1.165) is 0 Å². The van der Waals surface area contributed by atoms with Gasteiger partial charge in [-0.25, -0.2) is 0 Å². The van der Waals surface area contributed by atoms with Gasteiger partial charge in [0.05, 0.1) is 30.3 Å². The molecule has 7 nitrogen and oxygen atoms in total. The van der Waals surface area contributed by atoms with Crippen LogP contribution in [-0.2, 0) is 9.59 Å². The summed E-state index contributed by atoms with van der Waals surface area (Å²) < 4.78 is 11.0. The molecule has 0 saturated carbocycles. The predicted octanol–water partition coefficient (Wildman–Crippen LogP) is 4.80. The minimum Gasteiger partial charge on any atom is -0.508 e. The summed E-state index contributed by atoms with van der Waals surface area (Å²) in [6.07, 6.45) is 0. The summed E-state index contributed by atoms with van der Waals surface area (Å²) in [5.74, 6) is -0.839. The molecule has 1 aliphatic heterocycles. The molecule has 3 aromatic carbocycles. The maximum atomic E-state index is 13.2. The Morgan fingerprint density at radius 2 is 1.70 bits per heavy atom. The molecule has 1 amide bonds. The number of ether oxygens (including phenoxy) is 2. The Hall–Kier alpha value is -3.78. The number of aliphatic hydroxyl groups excluding tert-OH is 1. The number of carbonyl (C=O) groups excluding carboxylic acids is 2. The van der Waals surface area contributed by atoms with Gasteiger partial charge in [-0.05, 0) is 76.1 Å². The molecule has 0 radical (unpaired) electrons. The van der Waals surface area contributed by atoms with E-state index in [0.29, 0.717) is 32.8 Å². The highest BCUT2D eigenvalue weighted by molar-refractivity contribution is 9.10. The van der Waals surface area contributed by atoms with Crippen molar-refractivity contribution in [1.82, 2.24) is 0 Å². The smallest absolute Gasteiger partial charge is 0.300 e. The Morgan fingerprint density at radius 3 is 2.30 bits per heavy atom. The number of Topliss-reactive ketones (excluding diaryl/α,β-unsaturated/α-hetero) is 1. The molecular formula is C25H20BrNO6. The molecule has 168 valence electrons. The molecule has 1 unspecified atom stereocenters. The summed E-state index contributed by atoms with van der Waals surface area (Å²) in [6.45, 7) is 0. The first kappa shape index (κ1) is 22.4. The number of anilines is 1. The molecule has 4 rings (SSSR count). The number of halogens is 1. The number of benzene rings is 3. The molecule has 1 fully saturated rings. The number of phenols is 1. The molecule has 33 heavy (non-hydrogen) atoms. The van der Waals surface area contributed by atoms with Crippen LogP contribution >= 0.6 is 15.9 Å². The maximum absolute atomic E-state index is 13.2. The van der Waals surface area contributed by atoms with E-state index in [4.69, 9.17) is 9.47 Å². The van der Waals surface area contributed by atoms with Crippen molar-refractivity contribution in [3.8, 4) is 17.2 Å². The first-order valence-electron chi connectivity index (χ1n) is 9.93. The van der Waals surface area contributed by atoms with Crippen LogP contribution in [0.3, 0.4) is 0 Å². The fourth-order valence-corrected chi connectivity index (χ4v) is 4.36. The van der Waals surface area contributed by atoms with Gasteiger partial charge in [0.1, 0.15) is 23.0 Å². The molecule has 2 N–H and O–H groups in total. The molecule has 0 aromatic heterocycles. The molecule has 0 bridgehead atoms. The number of phenolic OH excluding ortho intramolecular Hbond substituents is 1. The number of aliphatic hydroxyl groups is 1. The minimum atomic E-state index is -0.952. The predicted molar refractivity (Wildman–Crippen MR) is 127 cm³/mol. The van der Waals surface area contributed by atoms with E-state index in [1.807, 2.05) is 0 Å². The third-order valence-electron chi connectivity index (χ3n) is 5.41. The minimum absolute atomic E-state index is 0.0278. The lowest BCUT2D eigenvalue weighted by molar-refractivity contribution is -0.132. The van der Waals surface area contributed by atoms with Crippen molar-refractivity contribution < 1.29 is 29.3 Å². The first-order chi connectivity index (χ1) is 15.8. The summed E-state index contributed by atoms with van der Waals surface area (Å²) in [6, 6.07) is 16.8. The monoisotopic (exact) mass is 509 g/mol. The second-order valence-corrected chi connectivity index (χ2v) is 8.17. The fraction of sp³-hybridized carbons (Fsp3) is 0.120. The third-order valence-corrected chi connectivity index (χ3v) is 6.03. The van der Waals surface area contributed by atoms with E-state index < -0.39 is 17.7 Å². The molecule has 1 aliphatic rings. The highest BCUT2D eigenvalue weighted by Crippen LogP contribution is 2.43. The van der Waals surface area contributed by atoms with E-state index in [1.165, 1.54) is 31.3 Å². The van der Waals surface area contributed by atoms with Gasteiger partial charge >= 0.3 is 0 Å². The molecule has 8 heteroatoms. The van der Waals surface area contributed by atoms with Gasteiger partial charge in [0.2, 0.25) is 0 Å². The molecule has 0 aliphatic carbocycles. The average molecular weight is 510 g/mol.